The molecule has 2 amide bonds. The minimum Gasteiger partial charge on any atom is -0.455 e. The van der Waals surface area contributed by atoms with Crippen LogP contribution in [0.3, 0.4) is 0 Å². The zero-order chi connectivity index (χ0) is 44.7. The fourth-order valence-corrected chi connectivity index (χ4v) is 7.72. The van der Waals surface area contributed by atoms with Crippen molar-refractivity contribution in [2.24, 2.45) is 11.5 Å². The van der Waals surface area contributed by atoms with Gasteiger partial charge in [0.05, 0.1) is 12.6 Å². The average molecular weight is 871 g/mol. The van der Waals surface area contributed by atoms with Crippen LogP contribution in [0, 0.1) is 0 Å². The smallest absolute Gasteiger partial charge is 0.308 e. The largest absolute Gasteiger partial charge is 0.455 e. The van der Waals surface area contributed by atoms with Gasteiger partial charge in [-0.3, -0.25) is 28.9 Å². The molecule has 6 N–H and O–H groups in total. The van der Waals surface area contributed by atoms with Crippen molar-refractivity contribution in [2.75, 3.05) is 25.4 Å². The van der Waals surface area contributed by atoms with Gasteiger partial charge in [-0.05, 0) is 38.6 Å². The van der Waals surface area contributed by atoms with Crippen molar-refractivity contribution in [3.63, 3.8) is 0 Å². The van der Waals surface area contributed by atoms with E-state index < -0.39 is 54.3 Å². The summed E-state index contributed by atoms with van der Waals surface area (Å²) in [5, 5.41) is 12.7. The van der Waals surface area contributed by atoms with Crippen LogP contribution in [0.5, 0.6) is 0 Å². The average Bonchev–Trinajstić information content (AvgIpc) is 3.25. The maximum Gasteiger partial charge on any atom is 0.308 e. The highest BCUT2D eigenvalue weighted by Gasteiger charge is 2.53. The number of esters is 2. The number of nitrogens with zero attached hydrogens (tertiary/aromatic N) is 1. The molecule has 352 valence electrons. The predicted molar refractivity (Wildman–Crippen MR) is 247 cm³/mol. The fourth-order valence-electron chi connectivity index (χ4n) is 7.55. The molecule has 0 aliphatic carbocycles. The summed E-state index contributed by atoms with van der Waals surface area (Å²) in [4.78, 5) is 68.5. The summed E-state index contributed by atoms with van der Waals surface area (Å²) in [6.07, 6.45) is 29.5. The van der Waals surface area contributed by atoms with Gasteiger partial charge in [0, 0.05) is 25.1 Å². The first-order valence-electron chi connectivity index (χ1n) is 24.3. The zero-order valence-corrected chi connectivity index (χ0v) is 39.3. The lowest BCUT2D eigenvalue weighted by Crippen LogP contribution is -2.67. The van der Waals surface area contributed by atoms with Gasteiger partial charge in [-0.2, -0.15) is 12.6 Å². The molecule has 0 radical (unpaired) electrons. The van der Waals surface area contributed by atoms with Gasteiger partial charge in [0.25, 0.3) is 11.6 Å². The van der Waals surface area contributed by atoms with E-state index in [1.807, 2.05) is 0 Å². The first-order valence-corrected chi connectivity index (χ1v) is 24.9. The van der Waals surface area contributed by atoms with E-state index in [4.69, 9.17) is 20.9 Å². The van der Waals surface area contributed by atoms with Gasteiger partial charge in [-0.1, -0.05) is 175 Å². The van der Waals surface area contributed by atoms with Crippen LogP contribution in [-0.2, 0) is 33.4 Å². The van der Waals surface area contributed by atoms with Gasteiger partial charge in [-0.15, -0.1) is 0 Å². The summed E-state index contributed by atoms with van der Waals surface area (Å²) >= 11 is 4.06. The van der Waals surface area contributed by atoms with Gasteiger partial charge in [0.15, 0.2) is 12.4 Å². The highest BCUT2D eigenvalue weighted by molar-refractivity contribution is 7.80. The fraction of sp³-hybridized carbons (Fsp3) is 0.894. The van der Waals surface area contributed by atoms with E-state index in [2.05, 4.69) is 31.8 Å². The maximum absolute atomic E-state index is 14.2. The number of amides is 2. The van der Waals surface area contributed by atoms with Crippen molar-refractivity contribution < 1.29 is 38.6 Å². The molecule has 0 bridgehead atoms. The molecule has 4 atom stereocenters. The lowest BCUT2D eigenvalue weighted by molar-refractivity contribution is -0.219. The number of carbonyl (C=O) groups excluding carboxylic acids is 5. The SMILES string of the molecule is CCCCCCCCCCCCCCCC(=O)OC(CCCN)[C@](C=O)(OC(=O)CCCCCCCCCCCCCCC)N(CCC)C(=O)[C@H](CO)NC(=O)[C@@H](N)CS. The zero-order valence-electron chi connectivity index (χ0n) is 38.4. The van der Waals surface area contributed by atoms with Crippen LogP contribution in [0.2, 0.25) is 0 Å². The van der Waals surface area contributed by atoms with E-state index in [0.29, 0.717) is 32.0 Å². The Hall–Kier alpha value is -2.22. The number of aliphatic hydroxyl groups excluding tert-OH is 1. The second-order valence-electron chi connectivity index (χ2n) is 16.8. The van der Waals surface area contributed by atoms with Crippen molar-refractivity contribution in [1.29, 1.82) is 0 Å². The van der Waals surface area contributed by atoms with E-state index in [1.54, 1.807) is 6.92 Å². The number of nitrogens with two attached hydrogens (primary N) is 2. The highest BCUT2D eigenvalue weighted by Crippen LogP contribution is 2.29. The van der Waals surface area contributed by atoms with Crippen LogP contribution in [-0.4, -0.2) is 89.4 Å². The number of unbranched alkanes of at least 4 members (excludes halogenated alkanes) is 24. The lowest BCUT2D eigenvalue weighted by Gasteiger charge is -2.44. The Labute approximate surface area is 371 Å². The molecule has 0 aliphatic rings. The molecule has 13 heteroatoms. The number of aliphatic hydroxyl groups is 1. The van der Waals surface area contributed by atoms with Crippen LogP contribution < -0.4 is 16.8 Å². The normalized spacial score (nSPS) is 13.8. The van der Waals surface area contributed by atoms with Crippen molar-refractivity contribution in [2.45, 2.75) is 244 Å². The quantitative estimate of drug-likeness (QED) is 0.0130. The number of hydrogen-bond donors (Lipinski definition) is 5. The van der Waals surface area contributed by atoms with Crippen molar-refractivity contribution >= 4 is 42.7 Å². The number of thiol groups is 1. The monoisotopic (exact) mass is 871 g/mol. The van der Waals surface area contributed by atoms with Gasteiger partial charge in [0.2, 0.25) is 5.91 Å². The lowest BCUT2D eigenvalue weighted by atomic mass is 9.98. The molecule has 12 nitrogen and oxygen atoms in total. The molecular weight excluding hydrogens is 781 g/mol. The number of rotatable bonds is 43. The standard InChI is InChI=1S/C47H90N4O8S/c1-4-7-9-11-13-15-17-19-21-23-25-27-29-33-43(54)58-42(32-31-35-48)47(39-53,51(36-6-3)46(57)41(37-52)50-45(56)40(49)38-60)59-44(55)34-30-28-26-24-22-20-18-16-14-12-10-8-5-2/h39-42,52,60H,4-38,48-49H2,1-3H3,(H,50,56)/t40-,41-,42?,47-/m0/s1. The third kappa shape index (κ3) is 27.0. The van der Waals surface area contributed by atoms with Gasteiger partial charge >= 0.3 is 11.9 Å². The number of aldehydes is 1. The highest BCUT2D eigenvalue weighted by atomic mass is 32.1. The number of carbonyl (C=O) groups is 5. The van der Waals surface area contributed by atoms with Crippen LogP contribution in [0.1, 0.15) is 220 Å². The summed E-state index contributed by atoms with van der Waals surface area (Å²) in [5.74, 6) is -2.91. The van der Waals surface area contributed by atoms with Crippen molar-refractivity contribution in [1.82, 2.24) is 10.2 Å². The van der Waals surface area contributed by atoms with Crippen molar-refractivity contribution in [3.05, 3.63) is 0 Å². The second kappa shape index (κ2) is 39.6. The Bertz CT molecular complexity index is 1100. The van der Waals surface area contributed by atoms with Gasteiger partial charge in [-0.25, -0.2) is 0 Å². The molecule has 60 heavy (non-hydrogen) atoms. The second-order valence-corrected chi connectivity index (χ2v) is 17.1. The van der Waals surface area contributed by atoms with E-state index in [-0.39, 0.29) is 38.1 Å². The topological polar surface area (TPSA) is 191 Å². The molecule has 1 unspecified atom stereocenters. The first-order chi connectivity index (χ1) is 29.1. The minimum atomic E-state index is -2.37. The summed E-state index contributed by atoms with van der Waals surface area (Å²) in [6, 6.07) is -2.59. The Kier molecular flexibility index (Phi) is 38.1. The van der Waals surface area contributed by atoms with Gasteiger partial charge < -0.3 is 31.4 Å². The molecule has 0 heterocycles. The molecule has 0 aromatic rings. The summed E-state index contributed by atoms with van der Waals surface area (Å²) in [7, 11) is 0. The Morgan fingerprint density at radius 1 is 0.667 bits per heavy atom. The summed E-state index contributed by atoms with van der Waals surface area (Å²) in [5.41, 5.74) is 9.35. The molecule has 0 aromatic carbocycles. The minimum absolute atomic E-state index is 0.00498. The molecule has 0 aromatic heterocycles. The Morgan fingerprint density at radius 2 is 1.08 bits per heavy atom. The third-order valence-corrected chi connectivity index (χ3v) is 11.7. The Balaban J connectivity index is 5.77. The van der Waals surface area contributed by atoms with Crippen LogP contribution in [0.25, 0.3) is 0 Å². The van der Waals surface area contributed by atoms with E-state index in [9.17, 15) is 29.1 Å². The molecule has 0 saturated heterocycles. The van der Waals surface area contributed by atoms with Crippen molar-refractivity contribution in [3.8, 4) is 0 Å². The Morgan fingerprint density at radius 3 is 1.45 bits per heavy atom. The molecule has 0 rings (SSSR count). The van der Waals surface area contributed by atoms with E-state index in [0.717, 1.165) is 49.8 Å². The molecule has 0 fully saturated rings. The third-order valence-electron chi connectivity index (χ3n) is 11.3. The summed E-state index contributed by atoms with van der Waals surface area (Å²) in [6.45, 7) is 5.49. The predicted octanol–water partition coefficient (Wildman–Crippen LogP) is 9.01. The van der Waals surface area contributed by atoms with Crippen LogP contribution >= 0.6 is 12.6 Å². The molecule has 0 saturated carbocycles. The molecule has 0 spiro atoms. The van der Waals surface area contributed by atoms with Crippen LogP contribution in [0.15, 0.2) is 0 Å². The van der Waals surface area contributed by atoms with Crippen LogP contribution in [0.4, 0.5) is 0 Å². The number of hydrogen-bond acceptors (Lipinski definition) is 11. The number of nitrogens with one attached hydrogen (secondary N) is 1. The number of ether oxygens (including phenoxy) is 2. The maximum atomic E-state index is 14.2. The first kappa shape index (κ1) is 57.8. The van der Waals surface area contributed by atoms with E-state index >= 15 is 0 Å². The summed E-state index contributed by atoms with van der Waals surface area (Å²) < 4.78 is 12.0. The van der Waals surface area contributed by atoms with E-state index in [1.165, 1.54) is 109 Å². The molecular formula is C47H90N4O8S. The van der Waals surface area contributed by atoms with Gasteiger partial charge in [0.1, 0.15) is 6.04 Å². The molecule has 0 aliphatic heterocycles.